The maximum atomic E-state index is 12.6. The zero-order valence-electron chi connectivity index (χ0n) is 13.7. The molecule has 128 valence electrons. The smallest absolute Gasteiger partial charge is 0.257 e. The summed E-state index contributed by atoms with van der Waals surface area (Å²) in [7, 11) is 1.60. The van der Waals surface area contributed by atoms with Crippen molar-refractivity contribution in [2.24, 2.45) is 0 Å². The van der Waals surface area contributed by atoms with Crippen molar-refractivity contribution in [3.05, 3.63) is 54.3 Å². The lowest BCUT2D eigenvalue weighted by Gasteiger charge is -2.20. The Kier molecular flexibility index (Phi) is 3.97. The molecule has 7 heteroatoms. The fraction of sp³-hybridized carbons (Fsp3) is 0.278. The van der Waals surface area contributed by atoms with Gasteiger partial charge in [0.2, 0.25) is 11.7 Å². The number of para-hydroxylation sites is 1. The summed E-state index contributed by atoms with van der Waals surface area (Å²) in [4.78, 5) is 18.9. The molecule has 1 aliphatic heterocycles. The van der Waals surface area contributed by atoms with Crippen LogP contribution in [-0.2, 0) is 0 Å². The maximum absolute atomic E-state index is 12.6. The van der Waals surface area contributed by atoms with E-state index in [1.165, 1.54) is 12.5 Å². The van der Waals surface area contributed by atoms with Gasteiger partial charge in [0.25, 0.3) is 5.91 Å². The van der Waals surface area contributed by atoms with Crippen LogP contribution >= 0.6 is 0 Å². The molecule has 0 spiro atoms. The fourth-order valence-corrected chi connectivity index (χ4v) is 3.13. The highest BCUT2D eigenvalue weighted by Gasteiger charge is 2.35. The van der Waals surface area contributed by atoms with Gasteiger partial charge in [-0.3, -0.25) is 4.79 Å². The standard InChI is InChI=1S/C18H17N3O4/c1-23-15-7-3-2-5-13(15)16-19-17(25-20-16)14-6-4-9-21(14)18(22)12-8-10-24-11-12/h2-3,5,7-8,10-11,14H,4,6,9H2,1H3/t14-/m1/s1. The van der Waals surface area contributed by atoms with Crippen molar-refractivity contribution in [3.63, 3.8) is 0 Å². The average Bonchev–Trinajstić information content (AvgIpc) is 3.41. The van der Waals surface area contributed by atoms with Gasteiger partial charge in [0.05, 0.1) is 24.5 Å². The van der Waals surface area contributed by atoms with Gasteiger partial charge in [0, 0.05) is 6.54 Å². The Morgan fingerprint density at radius 2 is 2.20 bits per heavy atom. The lowest BCUT2D eigenvalue weighted by molar-refractivity contribution is 0.0709. The lowest BCUT2D eigenvalue weighted by Crippen LogP contribution is -2.30. The second-order valence-corrected chi connectivity index (χ2v) is 5.83. The molecule has 0 N–H and O–H groups in total. The maximum Gasteiger partial charge on any atom is 0.257 e. The summed E-state index contributed by atoms with van der Waals surface area (Å²) in [5.41, 5.74) is 1.28. The molecule has 3 aromatic rings. The normalized spacial score (nSPS) is 17.0. The SMILES string of the molecule is COc1ccccc1-c1noc([C@H]2CCCN2C(=O)c2ccoc2)n1. The predicted molar refractivity (Wildman–Crippen MR) is 88.0 cm³/mol. The van der Waals surface area contributed by atoms with E-state index < -0.39 is 0 Å². The highest BCUT2D eigenvalue weighted by Crippen LogP contribution is 2.34. The lowest BCUT2D eigenvalue weighted by atomic mass is 10.2. The number of carbonyl (C=O) groups excluding carboxylic acids is 1. The number of nitrogens with zero attached hydrogens (tertiary/aromatic N) is 3. The van der Waals surface area contributed by atoms with Crippen molar-refractivity contribution in [1.29, 1.82) is 0 Å². The third kappa shape index (κ3) is 2.77. The first-order valence-electron chi connectivity index (χ1n) is 8.08. The van der Waals surface area contributed by atoms with Crippen molar-refractivity contribution in [1.82, 2.24) is 15.0 Å². The Morgan fingerprint density at radius 3 is 3.00 bits per heavy atom. The number of rotatable bonds is 4. The van der Waals surface area contributed by atoms with Crippen LogP contribution in [0.1, 0.15) is 35.1 Å². The van der Waals surface area contributed by atoms with Crippen molar-refractivity contribution in [3.8, 4) is 17.1 Å². The van der Waals surface area contributed by atoms with Gasteiger partial charge in [-0.05, 0) is 31.0 Å². The second-order valence-electron chi connectivity index (χ2n) is 5.83. The molecular weight excluding hydrogens is 322 g/mol. The highest BCUT2D eigenvalue weighted by molar-refractivity contribution is 5.94. The molecule has 1 atom stereocenters. The molecule has 25 heavy (non-hydrogen) atoms. The Bertz CT molecular complexity index is 872. The van der Waals surface area contributed by atoms with Gasteiger partial charge in [0.1, 0.15) is 18.1 Å². The molecule has 0 radical (unpaired) electrons. The van der Waals surface area contributed by atoms with Crippen LogP contribution in [0.25, 0.3) is 11.4 Å². The number of aromatic nitrogens is 2. The van der Waals surface area contributed by atoms with Crippen LogP contribution in [0.2, 0.25) is 0 Å². The van der Waals surface area contributed by atoms with Gasteiger partial charge in [-0.15, -0.1) is 0 Å². The monoisotopic (exact) mass is 339 g/mol. The first kappa shape index (κ1) is 15.4. The summed E-state index contributed by atoms with van der Waals surface area (Å²) >= 11 is 0. The average molecular weight is 339 g/mol. The van der Waals surface area contributed by atoms with Gasteiger partial charge in [-0.25, -0.2) is 0 Å². The number of methoxy groups -OCH3 is 1. The van der Waals surface area contributed by atoms with Crippen LogP contribution in [0, 0.1) is 0 Å². The van der Waals surface area contributed by atoms with Crippen LogP contribution in [-0.4, -0.2) is 34.6 Å². The van der Waals surface area contributed by atoms with Crippen molar-refractivity contribution < 1.29 is 18.5 Å². The van der Waals surface area contributed by atoms with Gasteiger partial charge in [-0.2, -0.15) is 4.98 Å². The molecule has 1 fully saturated rings. The van der Waals surface area contributed by atoms with E-state index in [0.29, 0.717) is 29.6 Å². The van der Waals surface area contributed by atoms with E-state index in [1.807, 2.05) is 24.3 Å². The summed E-state index contributed by atoms with van der Waals surface area (Å²) in [6.07, 6.45) is 4.62. The quantitative estimate of drug-likeness (QED) is 0.725. The summed E-state index contributed by atoms with van der Waals surface area (Å²) in [6, 6.07) is 8.92. The van der Waals surface area contributed by atoms with Crippen LogP contribution in [0.4, 0.5) is 0 Å². The van der Waals surface area contributed by atoms with Crippen LogP contribution < -0.4 is 4.74 Å². The number of benzene rings is 1. The molecule has 1 aromatic carbocycles. The first-order valence-corrected chi connectivity index (χ1v) is 8.08. The topological polar surface area (TPSA) is 81.6 Å². The molecule has 2 aromatic heterocycles. The van der Waals surface area contributed by atoms with Crippen LogP contribution in [0.15, 0.2) is 51.8 Å². The van der Waals surface area contributed by atoms with E-state index in [2.05, 4.69) is 10.1 Å². The molecule has 3 heterocycles. The third-order valence-corrected chi connectivity index (χ3v) is 4.36. The number of hydrogen-bond acceptors (Lipinski definition) is 6. The molecule has 0 unspecified atom stereocenters. The summed E-state index contributed by atoms with van der Waals surface area (Å²) in [6.45, 7) is 0.654. The zero-order chi connectivity index (χ0) is 17.2. The van der Waals surface area contributed by atoms with E-state index in [0.717, 1.165) is 18.4 Å². The van der Waals surface area contributed by atoms with Gasteiger partial charge in [0.15, 0.2) is 0 Å². The molecule has 1 amide bonds. The van der Waals surface area contributed by atoms with Crippen molar-refractivity contribution >= 4 is 5.91 Å². The number of ether oxygens (including phenoxy) is 1. The van der Waals surface area contributed by atoms with E-state index in [1.54, 1.807) is 18.1 Å². The number of furan rings is 1. The second kappa shape index (κ2) is 6.43. The summed E-state index contributed by atoms with van der Waals surface area (Å²) in [5, 5.41) is 4.07. The van der Waals surface area contributed by atoms with E-state index in [4.69, 9.17) is 13.7 Å². The Labute approximate surface area is 144 Å². The Hall–Kier alpha value is -3.09. The molecule has 1 saturated heterocycles. The summed E-state index contributed by atoms with van der Waals surface area (Å²) in [5.74, 6) is 1.48. The van der Waals surface area contributed by atoms with Crippen LogP contribution in [0.5, 0.6) is 5.75 Å². The fourth-order valence-electron chi connectivity index (χ4n) is 3.13. The van der Waals surface area contributed by atoms with Crippen LogP contribution in [0.3, 0.4) is 0 Å². The van der Waals surface area contributed by atoms with Gasteiger partial charge >= 0.3 is 0 Å². The number of hydrogen-bond donors (Lipinski definition) is 0. The molecule has 7 nitrogen and oxygen atoms in total. The minimum atomic E-state index is -0.224. The van der Waals surface area contributed by atoms with E-state index >= 15 is 0 Å². The molecule has 1 aliphatic rings. The molecule has 0 aliphatic carbocycles. The van der Waals surface area contributed by atoms with Crippen molar-refractivity contribution in [2.75, 3.05) is 13.7 Å². The zero-order valence-corrected chi connectivity index (χ0v) is 13.7. The van der Waals surface area contributed by atoms with E-state index in [-0.39, 0.29) is 11.9 Å². The molecule has 4 rings (SSSR count). The first-order chi connectivity index (χ1) is 12.3. The minimum Gasteiger partial charge on any atom is -0.496 e. The largest absolute Gasteiger partial charge is 0.496 e. The minimum absolute atomic E-state index is 0.0895. The third-order valence-electron chi connectivity index (χ3n) is 4.36. The Balaban J connectivity index is 1.62. The molecular formula is C18H17N3O4. The molecule has 0 bridgehead atoms. The number of amides is 1. The van der Waals surface area contributed by atoms with Gasteiger partial charge < -0.3 is 18.6 Å². The highest BCUT2D eigenvalue weighted by atomic mass is 16.5. The molecule has 0 saturated carbocycles. The van der Waals surface area contributed by atoms with E-state index in [9.17, 15) is 4.79 Å². The van der Waals surface area contributed by atoms with Crippen molar-refractivity contribution in [2.45, 2.75) is 18.9 Å². The summed E-state index contributed by atoms with van der Waals surface area (Å²) < 4.78 is 15.8. The number of likely N-dealkylation sites (tertiary alicyclic amines) is 1. The number of carbonyl (C=O) groups is 1. The Morgan fingerprint density at radius 1 is 1.32 bits per heavy atom. The predicted octanol–water partition coefficient (Wildman–Crippen LogP) is 3.32. The van der Waals surface area contributed by atoms with Gasteiger partial charge in [-0.1, -0.05) is 17.3 Å².